The van der Waals surface area contributed by atoms with E-state index in [1.807, 2.05) is 13.1 Å². The number of carbonyl (C=O) groups is 2. The van der Waals surface area contributed by atoms with Crippen molar-refractivity contribution < 1.29 is 14.7 Å². The lowest BCUT2D eigenvalue weighted by molar-refractivity contribution is -0.130. The van der Waals surface area contributed by atoms with Crippen LogP contribution in [-0.2, 0) is 11.2 Å². The summed E-state index contributed by atoms with van der Waals surface area (Å²) in [6, 6.07) is 6.88. The van der Waals surface area contributed by atoms with Gasteiger partial charge in [0, 0.05) is 20.0 Å². The Kier molecular flexibility index (Phi) is 4.77. The average Bonchev–Trinajstić information content (AvgIpc) is 2.40. The first-order valence-electron chi connectivity index (χ1n) is 7.13. The number of hydrogen-bond acceptors (Lipinski definition) is 2. The van der Waals surface area contributed by atoms with Gasteiger partial charge in [0.15, 0.2) is 0 Å². The average molecular weight is 275 g/mol. The van der Waals surface area contributed by atoms with Crippen LogP contribution in [0.2, 0.25) is 0 Å². The molecule has 0 unspecified atom stereocenters. The Balaban J connectivity index is 1.87. The fourth-order valence-corrected chi connectivity index (χ4v) is 2.54. The Bertz CT molecular complexity index is 494. The van der Waals surface area contributed by atoms with Gasteiger partial charge >= 0.3 is 5.97 Å². The third-order valence-corrected chi connectivity index (χ3v) is 4.04. The number of aromatic carboxylic acids is 1. The van der Waals surface area contributed by atoms with Crippen molar-refractivity contribution in [3.05, 3.63) is 35.4 Å². The van der Waals surface area contributed by atoms with E-state index in [0.717, 1.165) is 12.1 Å². The van der Waals surface area contributed by atoms with Crippen LogP contribution in [0.1, 0.15) is 41.6 Å². The van der Waals surface area contributed by atoms with E-state index in [9.17, 15) is 9.59 Å². The number of benzene rings is 1. The number of hydrogen-bond donors (Lipinski definition) is 1. The van der Waals surface area contributed by atoms with Gasteiger partial charge in [-0.05, 0) is 36.8 Å². The van der Waals surface area contributed by atoms with Crippen LogP contribution in [-0.4, -0.2) is 35.5 Å². The summed E-state index contributed by atoms with van der Waals surface area (Å²) in [6.45, 7) is 0.833. The van der Waals surface area contributed by atoms with Crippen LogP contribution in [0.4, 0.5) is 0 Å². The van der Waals surface area contributed by atoms with Gasteiger partial charge in [0.25, 0.3) is 0 Å². The maximum Gasteiger partial charge on any atom is 0.335 e. The predicted octanol–water partition coefficient (Wildman–Crippen LogP) is 2.58. The monoisotopic (exact) mass is 275 g/mol. The van der Waals surface area contributed by atoms with E-state index in [4.69, 9.17) is 5.11 Å². The molecule has 0 radical (unpaired) electrons. The molecule has 0 atom stereocenters. The van der Waals surface area contributed by atoms with Crippen molar-refractivity contribution in [3.63, 3.8) is 0 Å². The fraction of sp³-hybridized carbons (Fsp3) is 0.500. The molecule has 1 amide bonds. The molecule has 1 saturated carbocycles. The number of aryl methyl sites for hydroxylation is 1. The Labute approximate surface area is 119 Å². The van der Waals surface area contributed by atoms with E-state index < -0.39 is 5.97 Å². The minimum absolute atomic E-state index is 0.0945. The zero-order chi connectivity index (χ0) is 14.5. The quantitative estimate of drug-likeness (QED) is 0.868. The van der Waals surface area contributed by atoms with Crippen molar-refractivity contribution in [2.24, 2.45) is 5.92 Å². The molecule has 20 heavy (non-hydrogen) atoms. The summed E-state index contributed by atoms with van der Waals surface area (Å²) in [6.07, 6.45) is 4.57. The van der Waals surface area contributed by atoms with Gasteiger partial charge in [-0.15, -0.1) is 0 Å². The molecule has 1 aromatic rings. The molecule has 0 aliphatic heterocycles. The first-order valence-corrected chi connectivity index (χ1v) is 7.13. The highest BCUT2D eigenvalue weighted by Gasteiger charge is 2.21. The molecule has 108 valence electrons. The van der Waals surface area contributed by atoms with Crippen molar-refractivity contribution in [1.29, 1.82) is 0 Å². The summed E-state index contributed by atoms with van der Waals surface area (Å²) in [5.74, 6) is -0.178. The van der Waals surface area contributed by atoms with Crippen LogP contribution in [0.15, 0.2) is 24.3 Å². The minimum Gasteiger partial charge on any atom is -0.478 e. The van der Waals surface area contributed by atoms with Crippen molar-refractivity contribution in [2.45, 2.75) is 32.1 Å². The van der Waals surface area contributed by atoms with Crippen molar-refractivity contribution in [3.8, 4) is 0 Å². The Hall–Kier alpha value is -1.84. The fourth-order valence-electron chi connectivity index (χ4n) is 2.54. The zero-order valence-corrected chi connectivity index (χ0v) is 11.8. The van der Waals surface area contributed by atoms with Gasteiger partial charge in [0.1, 0.15) is 0 Å². The Morgan fingerprint density at radius 2 is 2.00 bits per heavy atom. The lowest BCUT2D eigenvalue weighted by Crippen LogP contribution is -2.34. The molecular weight excluding hydrogens is 254 g/mol. The summed E-state index contributed by atoms with van der Waals surface area (Å²) in [5.41, 5.74) is 1.02. The predicted molar refractivity (Wildman–Crippen MR) is 76.7 cm³/mol. The second-order valence-electron chi connectivity index (χ2n) is 5.53. The zero-order valence-electron chi connectivity index (χ0n) is 11.8. The van der Waals surface area contributed by atoms with Crippen LogP contribution in [0.3, 0.4) is 0 Å². The van der Waals surface area contributed by atoms with Gasteiger partial charge in [-0.25, -0.2) is 4.79 Å². The largest absolute Gasteiger partial charge is 0.478 e. The van der Waals surface area contributed by atoms with Crippen molar-refractivity contribution >= 4 is 11.9 Å². The standard InChI is InChI=1S/C16H21NO3/c1-17(11-12-5-4-6-12)15(18)10-9-13-7-2-3-8-14(13)16(19)20/h2-3,7-8,12H,4-6,9-11H2,1H3,(H,19,20). The number of rotatable bonds is 6. The first-order chi connectivity index (χ1) is 9.58. The third-order valence-electron chi connectivity index (χ3n) is 4.04. The molecule has 1 aliphatic rings. The molecular formula is C16H21NO3. The molecule has 1 aliphatic carbocycles. The summed E-state index contributed by atoms with van der Waals surface area (Å²) in [4.78, 5) is 24.9. The van der Waals surface area contributed by atoms with E-state index in [1.165, 1.54) is 19.3 Å². The van der Waals surface area contributed by atoms with Crippen LogP contribution in [0.5, 0.6) is 0 Å². The van der Waals surface area contributed by atoms with E-state index >= 15 is 0 Å². The van der Waals surface area contributed by atoms with Gasteiger partial charge < -0.3 is 10.0 Å². The molecule has 1 fully saturated rings. The molecule has 0 aromatic heterocycles. The minimum atomic E-state index is -0.934. The molecule has 4 nitrogen and oxygen atoms in total. The smallest absolute Gasteiger partial charge is 0.335 e. The van der Waals surface area contributed by atoms with Gasteiger partial charge in [0.05, 0.1) is 5.56 Å². The van der Waals surface area contributed by atoms with Crippen LogP contribution < -0.4 is 0 Å². The second kappa shape index (κ2) is 6.55. The molecule has 1 N–H and O–H groups in total. The molecule has 0 spiro atoms. The molecule has 0 bridgehead atoms. The normalized spacial score (nSPS) is 14.7. The summed E-state index contributed by atoms with van der Waals surface area (Å²) < 4.78 is 0. The number of carboxylic acids is 1. The highest BCUT2D eigenvalue weighted by Crippen LogP contribution is 2.26. The second-order valence-corrected chi connectivity index (χ2v) is 5.53. The van der Waals surface area contributed by atoms with Gasteiger partial charge in [-0.1, -0.05) is 24.6 Å². The van der Waals surface area contributed by atoms with E-state index in [1.54, 1.807) is 23.1 Å². The van der Waals surface area contributed by atoms with Gasteiger partial charge in [-0.2, -0.15) is 0 Å². The molecule has 2 rings (SSSR count). The van der Waals surface area contributed by atoms with E-state index in [2.05, 4.69) is 0 Å². The van der Waals surface area contributed by atoms with E-state index in [-0.39, 0.29) is 5.91 Å². The molecule has 0 heterocycles. The lowest BCUT2D eigenvalue weighted by atomic mass is 9.85. The van der Waals surface area contributed by atoms with Gasteiger partial charge in [0.2, 0.25) is 5.91 Å². The third kappa shape index (κ3) is 3.59. The Morgan fingerprint density at radius 3 is 2.60 bits per heavy atom. The highest BCUT2D eigenvalue weighted by atomic mass is 16.4. The maximum absolute atomic E-state index is 12.1. The van der Waals surface area contributed by atoms with Crippen LogP contribution >= 0.6 is 0 Å². The van der Waals surface area contributed by atoms with E-state index in [0.29, 0.717) is 24.3 Å². The van der Waals surface area contributed by atoms with Crippen LogP contribution in [0, 0.1) is 5.92 Å². The Morgan fingerprint density at radius 1 is 1.30 bits per heavy atom. The molecule has 4 heteroatoms. The maximum atomic E-state index is 12.1. The highest BCUT2D eigenvalue weighted by molar-refractivity contribution is 5.89. The number of amides is 1. The van der Waals surface area contributed by atoms with Crippen molar-refractivity contribution in [1.82, 2.24) is 4.90 Å². The van der Waals surface area contributed by atoms with Crippen LogP contribution in [0.25, 0.3) is 0 Å². The van der Waals surface area contributed by atoms with Gasteiger partial charge in [-0.3, -0.25) is 4.79 Å². The SMILES string of the molecule is CN(CC1CCC1)C(=O)CCc1ccccc1C(=O)O. The molecule has 1 aromatic carbocycles. The number of nitrogens with zero attached hydrogens (tertiary/aromatic N) is 1. The lowest BCUT2D eigenvalue weighted by Gasteiger charge is -2.30. The topological polar surface area (TPSA) is 57.6 Å². The molecule has 0 saturated heterocycles. The number of carboxylic acid groups (broad SMARTS) is 1. The first kappa shape index (κ1) is 14.6. The van der Waals surface area contributed by atoms with Crippen molar-refractivity contribution in [2.75, 3.05) is 13.6 Å². The summed E-state index contributed by atoms with van der Waals surface area (Å²) in [7, 11) is 1.84. The number of carbonyl (C=O) groups excluding carboxylic acids is 1. The summed E-state index contributed by atoms with van der Waals surface area (Å²) >= 11 is 0. The summed E-state index contributed by atoms with van der Waals surface area (Å²) in [5, 5.41) is 9.10.